The first-order valence-corrected chi connectivity index (χ1v) is 11.8. The molecule has 0 aliphatic heterocycles. The van der Waals surface area contributed by atoms with Crippen LogP contribution in [0.15, 0.2) is 91.4 Å². The molecule has 2 aromatic carbocycles. The van der Waals surface area contributed by atoms with Crippen LogP contribution in [0.25, 0.3) is 10.9 Å². The zero-order valence-electron chi connectivity index (χ0n) is 20.9. The summed E-state index contributed by atoms with van der Waals surface area (Å²) in [5, 5.41) is 10.6. The van der Waals surface area contributed by atoms with Gasteiger partial charge in [0.25, 0.3) is 5.91 Å². The maximum Gasteiger partial charge on any atom is 0.256 e. The Bertz CT molecular complexity index is 1580. The first-order chi connectivity index (χ1) is 17.9. The van der Waals surface area contributed by atoms with E-state index in [4.69, 9.17) is 0 Å². The normalized spacial score (nSPS) is 10.7. The van der Waals surface area contributed by atoms with Gasteiger partial charge in [-0.05, 0) is 67.6 Å². The number of nitrogens with zero attached hydrogens (tertiary/aromatic N) is 4. The van der Waals surface area contributed by atoms with Crippen molar-refractivity contribution in [2.75, 3.05) is 34.9 Å². The Morgan fingerprint density at radius 1 is 0.757 bits per heavy atom. The summed E-state index contributed by atoms with van der Waals surface area (Å²) in [5.41, 5.74) is 6.85. The Morgan fingerprint density at radius 2 is 1.51 bits per heavy atom. The number of fused-ring (bicyclic) bond motifs is 1. The van der Waals surface area contributed by atoms with Crippen LogP contribution in [0.2, 0.25) is 0 Å². The minimum Gasteiger partial charge on any atom is -0.378 e. The molecule has 1 amide bonds. The van der Waals surface area contributed by atoms with Gasteiger partial charge in [0, 0.05) is 83.8 Å². The molecular weight excluding hydrogens is 462 g/mol. The highest BCUT2D eigenvalue weighted by Gasteiger charge is 2.10. The van der Waals surface area contributed by atoms with E-state index < -0.39 is 0 Å². The standard InChI is InChI=1S/C29H27N7O/c1-19-15-22(9-12-30-19)33-23-10-13-32-28(17-23)35-29(37)20-5-4-6-21(16-20)34-27-11-14-31-26-8-7-24(36(2)3)18-25(26)27/h4-18H,1-3H3,(H,31,34)(H2,30,32,33,35,37). The highest BCUT2D eigenvalue weighted by atomic mass is 16.1. The molecule has 37 heavy (non-hydrogen) atoms. The van der Waals surface area contributed by atoms with Crippen molar-refractivity contribution in [2.24, 2.45) is 0 Å². The van der Waals surface area contributed by atoms with Gasteiger partial charge in [0.1, 0.15) is 5.82 Å². The lowest BCUT2D eigenvalue weighted by molar-refractivity contribution is 0.102. The fourth-order valence-corrected chi connectivity index (χ4v) is 3.97. The Hall–Kier alpha value is -4.98. The Balaban J connectivity index is 1.33. The summed E-state index contributed by atoms with van der Waals surface area (Å²) in [5.74, 6) is 0.206. The van der Waals surface area contributed by atoms with Crippen LogP contribution in [-0.2, 0) is 0 Å². The summed E-state index contributed by atoms with van der Waals surface area (Å²) in [6.45, 7) is 1.94. The Kier molecular flexibility index (Phi) is 6.63. The molecule has 0 aliphatic rings. The number of benzene rings is 2. The van der Waals surface area contributed by atoms with E-state index in [9.17, 15) is 4.79 Å². The number of carbonyl (C=O) groups is 1. The first-order valence-electron chi connectivity index (χ1n) is 11.8. The molecule has 184 valence electrons. The van der Waals surface area contributed by atoms with E-state index in [0.717, 1.165) is 45.0 Å². The number of hydrogen-bond acceptors (Lipinski definition) is 7. The van der Waals surface area contributed by atoms with Gasteiger partial charge in [-0.3, -0.25) is 14.8 Å². The van der Waals surface area contributed by atoms with Gasteiger partial charge in [-0.15, -0.1) is 0 Å². The molecule has 0 spiro atoms. The van der Waals surface area contributed by atoms with Crippen molar-refractivity contribution in [3.63, 3.8) is 0 Å². The molecule has 3 N–H and O–H groups in total. The van der Waals surface area contributed by atoms with Crippen molar-refractivity contribution in [3.8, 4) is 0 Å². The summed E-state index contributed by atoms with van der Waals surface area (Å²) in [7, 11) is 4.01. The largest absolute Gasteiger partial charge is 0.378 e. The highest BCUT2D eigenvalue weighted by molar-refractivity contribution is 6.05. The smallest absolute Gasteiger partial charge is 0.256 e. The second-order valence-electron chi connectivity index (χ2n) is 8.85. The quantitative estimate of drug-likeness (QED) is 0.253. The lowest BCUT2D eigenvalue weighted by Crippen LogP contribution is -2.13. The van der Waals surface area contributed by atoms with E-state index in [1.165, 1.54) is 0 Å². The summed E-state index contributed by atoms with van der Waals surface area (Å²) in [6, 6.07) is 22.9. The van der Waals surface area contributed by atoms with Crippen LogP contribution in [0.5, 0.6) is 0 Å². The fraction of sp³-hybridized carbons (Fsp3) is 0.103. The third-order valence-electron chi connectivity index (χ3n) is 5.83. The van der Waals surface area contributed by atoms with Gasteiger partial charge in [-0.2, -0.15) is 0 Å². The second kappa shape index (κ2) is 10.3. The fourth-order valence-electron chi connectivity index (χ4n) is 3.97. The number of anilines is 6. The summed E-state index contributed by atoms with van der Waals surface area (Å²) >= 11 is 0. The number of nitrogens with one attached hydrogen (secondary N) is 3. The van der Waals surface area contributed by atoms with Gasteiger partial charge >= 0.3 is 0 Å². The molecule has 8 nitrogen and oxygen atoms in total. The predicted octanol–water partition coefficient (Wildman–Crippen LogP) is 6.14. The van der Waals surface area contributed by atoms with Crippen molar-refractivity contribution in [1.82, 2.24) is 15.0 Å². The van der Waals surface area contributed by atoms with E-state index in [0.29, 0.717) is 11.4 Å². The van der Waals surface area contributed by atoms with Crippen LogP contribution in [0.4, 0.5) is 34.3 Å². The number of hydrogen-bond donors (Lipinski definition) is 3. The van der Waals surface area contributed by atoms with Crippen LogP contribution in [0, 0.1) is 6.92 Å². The predicted molar refractivity (Wildman–Crippen MR) is 150 cm³/mol. The maximum atomic E-state index is 13.0. The lowest BCUT2D eigenvalue weighted by atomic mass is 10.1. The van der Waals surface area contributed by atoms with E-state index in [1.54, 1.807) is 30.7 Å². The molecule has 0 atom stereocenters. The van der Waals surface area contributed by atoms with E-state index in [1.807, 2.05) is 75.6 Å². The van der Waals surface area contributed by atoms with Crippen molar-refractivity contribution in [3.05, 3.63) is 103 Å². The Morgan fingerprint density at radius 3 is 2.32 bits per heavy atom. The highest BCUT2D eigenvalue weighted by Crippen LogP contribution is 2.29. The average Bonchev–Trinajstić information content (AvgIpc) is 2.89. The number of amides is 1. The van der Waals surface area contributed by atoms with Gasteiger partial charge in [0.2, 0.25) is 0 Å². The molecule has 0 unspecified atom stereocenters. The third-order valence-corrected chi connectivity index (χ3v) is 5.83. The summed E-state index contributed by atoms with van der Waals surface area (Å²) in [6.07, 6.45) is 5.18. The monoisotopic (exact) mass is 489 g/mol. The molecule has 0 saturated heterocycles. The van der Waals surface area contributed by atoms with Crippen LogP contribution >= 0.6 is 0 Å². The van der Waals surface area contributed by atoms with Gasteiger partial charge in [0.05, 0.1) is 5.52 Å². The van der Waals surface area contributed by atoms with Crippen molar-refractivity contribution < 1.29 is 4.79 Å². The second-order valence-corrected chi connectivity index (χ2v) is 8.85. The van der Waals surface area contributed by atoms with Crippen LogP contribution in [-0.4, -0.2) is 35.0 Å². The van der Waals surface area contributed by atoms with E-state index in [2.05, 4.69) is 41.9 Å². The average molecular weight is 490 g/mol. The number of rotatable bonds is 7. The Labute approximate surface area is 215 Å². The van der Waals surface area contributed by atoms with Crippen LogP contribution in [0.1, 0.15) is 16.1 Å². The zero-order chi connectivity index (χ0) is 25.8. The number of pyridine rings is 3. The van der Waals surface area contributed by atoms with Crippen LogP contribution in [0.3, 0.4) is 0 Å². The molecule has 5 rings (SSSR count). The zero-order valence-corrected chi connectivity index (χ0v) is 20.9. The SMILES string of the molecule is Cc1cc(Nc2ccnc(NC(=O)c3cccc(Nc4ccnc5ccc(N(C)C)cc45)c3)c2)ccn1. The number of carbonyl (C=O) groups excluding carboxylic acids is 1. The molecule has 0 fully saturated rings. The first kappa shape index (κ1) is 23.7. The summed E-state index contributed by atoms with van der Waals surface area (Å²) < 4.78 is 0. The van der Waals surface area contributed by atoms with Crippen molar-refractivity contribution in [2.45, 2.75) is 6.92 Å². The molecule has 0 bridgehead atoms. The van der Waals surface area contributed by atoms with Crippen LogP contribution < -0.4 is 20.9 Å². The molecule has 3 heterocycles. The molecule has 0 aliphatic carbocycles. The summed E-state index contributed by atoms with van der Waals surface area (Å²) in [4.78, 5) is 28.1. The van der Waals surface area contributed by atoms with Crippen molar-refractivity contribution in [1.29, 1.82) is 0 Å². The van der Waals surface area contributed by atoms with Gasteiger partial charge in [-0.25, -0.2) is 4.98 Å². The topological polar surface area (TPSA) is 95.1 Å². The molecule has 8 heteroatoms. The molecule has 0 saturated carbocycles. The minimum atomic E-state index is -0.248. The molecule has 5 aromatic rings. The van der Waals surface area contributed by atoms with E-state index in [-0.39, 0.29) is 5.91 Å². The van der Waals surface area contributed by atoms with Gasteiger partial charge in [-0.1, -0.05) is 6.07 Å². The van der Waals surface area contributed by atoms with Crippen molar-refractivity contribution >= 4 is 51.1 Å². The minimum absolute atomic E-state index is 0.248. The molecular formula is C29H27N7O. The maximum absolute atomic E-state index is 13.0. The number of aromatic nitrogens is 3. The lowest BCUT2D eigenvalue weighted by Gasteiger charge is -2.15. The van der Waals surface area contributed by atoms with E-state index >= 15 is 0 Å². The molecule has 0 radical (unpaired) electrons. The van der Waals surface area contributed by atoms with Gasteiger partial charge < -0.3 is 20.9 Å². The molecule has 3 aromatic heterocycles. The van der Waals surface area contributed by atoms with Gasteiger partial charge in [0.15, 0.2) is 0 Å². The number of aryl methyl sites for hydroxylation is 1. The third kappa shape index (κ3) is 5.65.